The summed E-state index contributed by atoms with van der Waals surface area (Å²) in [6.07, 6.45) is 1.48. The molecule has 142 valence electrons. The van der Waals surface area contributed by atoms with Gasteiger partial charge in [-0.15, -0.1) is 0 Å². The van der Waals surface area contributed by atoms with Crippen molar-refractivity contribution in [1.82, 2.24) is 23.9 Å². The highest BCUT2D eigenvalue weighted by Gasteiger charge is 2.30. The lowest BCUT2D eigenvalue weighted by Gasteiger charge is -2.35. The van der Waals surface area contributed by atoms with Crippen LogP contribution in [0.4, 0.5) is 5.82 Å². The zero-order valence-corrected chi connectivity index (χ0v) is 16.4. The Morgan fingerprint density at radius 2 is 1.74 bits per heavy atom. The van der Waals surface area contributed by atoms with Crippen molar-refractivity contribution in [2.45, 2.75) is 25.7 Å². The summed E-state index contributed by atoms with van der Waals surface area (Å²) >= 11 is 0. The lowest BCUT2D eigenvalue weighted by atomic mass is 10.2. The van der Waals surface area contributed by atoms with Crippen LogP contribution >= 0.6 is 0 Å². The number of anilines is 1. The SMILES string of the molecule is Cc1ccc(C)c(S(=O)(=O)N2CCN(c3cc(C)nc4ncnn34)CC2)c1. The minimum Gasteiger partial charge on any atom is -0.354 e. The number of hydrogen-bond acceptors (Lipinski definition) is 6. The van der Waals surface area contributed by atoms with Gasteiger partial charge in [-0.2, -0.15) is 18.9 Å². The lowest BCUT2D eigenvalue weighted by Crippen LogP contribution is -2.49. The maximum absolute atomic E-state index is 13.1. The van der Waals surface area contributed by atoms with E-state index in [1.165, 1.54) is 6.33 Å². The number of nitrogens with zero attached hydrogens (tertiary/aromatic N) is 6. The quantitative estimate of drug-likeness (QED) is 0.679. The van der Waals surface area contributed by atoms with Crippen molar-refractivity contribution in [3.63, 3.8) is 0 Å². The van der Waals surface area contributed by atoms with Gasteiger partial charge in [0, 0.05) is 37.9 Å². The van der Waals surface area contributed by atoms with Gasteiger partial charge in [-0.3, -0.25) is 0 Å². The van der Waals surface area contributed by atoms with Crippen molar-refractivity contribution in [3.8, 4) is 0 Å². The topological polar surface area (TPSA) is 83.7 Å². The molecular formula is C18H22N6O2S. The Kier molecular flexibility index (Phi) is 4.35. The monoisotopic (exact) mass is 386 g/mol. The molecule has 0 atom stereocenters. The Hall–Kier alpha value is -2.52. The maximum Gasteiger partial charge on any atom is 0.254 e. The number of aromatic nitrogens is 4. The minimum absolute atomic E-state index is 0.398. The van der Waals surface area contributed by atoms with Gasteiger partial charge in [-0.1, -0.05) is 12.1 Å². The van der Waals surface area contributed by atoms with Gasteiger partial charge in [0.05, 0.1) is 4.90 Å². The van der Waals surface area contributed by atoms with Gasteiger partial charge in [0.2, 0.25) is 10.0 Å². The number of piperazine rings is 1. The summed E-state index contributed by atoms with van der Waals surface area (Å²) < 4.78 is 29.5. The molecule has 1 saturated heterocycles. The van der Waals surface area contributed by atoms with E-state index in [4.69, 9.17) is 0 Å². The Labute approximate surface area is 158 Å². The van der Waals surface area contributed by atoms with Crippen LogP contribution in [0.1, 0.15) is 16.8 Å². The van der Waals surface area contributed by atoms with Crippen molar-refractivity contribution in [2.24, 2.45) is 0 Å². The molecule has 3 aromatic rings. The minimum atomic E-state index is -3.50. The first kappa shape index (κ1) is 17.9. The van der Waals surface area contributed by atoms with Crippen LogP contribution in [0, 0.1) is 20.8 Å². The predicted molar refractivity (Wildman–Crippen MR) is 102 cm³/mol. The van der Waals surface area contributed by atoms with Gasteiger partial charge >= 0.3 is 0 Å². The summed E-state index contributed by atoms with van der Waals surface area (Å²) in [6.45, 7) is 7.68. The number of aryl methyl sites for hydroxylation is 3. The van der Waals surface area contributed by atoms with Crippen LogP contribution in [-0.2, 0) is 10.0 Å². The third-order valence-electron chi connectivity index (χ3n) is 4.89. The second-order valence-electron chi connectivity index (χ2n) is 6.89. The van der Waals surface area contributed by atoms with Gasteiger partial charge < -0.3 is 4.90 Å². The second-order valence-corrected chi connectivity index (χ2v) is 8.79. The fraction of sp³-hybridized carbons (Fsp3) is 0.389. The molecule has 8 nitrogen and oxygen atoms in total. The van der Waals surface area contributed by atoms with E-state index in [-0.39, 0.29) is 0 Å². The molecule has 1 aliphatic rings. The molecule has 0 amide bonds. The van der Waals surface area contributed by atoms with Crippen LogP contribution < -0.4 is 4.90 Å². The summed E-state index contributed by atoms with van der Waals surface area (Å²) in [6, 6.07) is 7.50. The van der Waals surface area contributed by atoms with E-state index in [0.29, 0.717) is 36.9 Å². The summed E-state index contributed by atoms with van der Waals surface area (Å²) in [5, 5.41) is 4.24. The van der Waals surface area contributed by atoms with E-state index in [2.05, 4.69) is 20.0 Å². The van der Waals surface area contributed by atoms with Crippen LogP contribution in [0.15, 0.2) is 35.5 Å². The van der Waals surface area contributed by atoms with E-state index in [1.54, 1.807) is 14.9 Å². The fourth-order valence-corrected chi connectivity index (χ4v) is 5.15. The van der Waals surface area contributed by atoms with Crippen LogP contribution in [-0.4, -0.2) is 58.5 Å². The molecule has 27 heavy (non-hydrogen) atoms. The molecule has 1 aliphatic heterocycles. The molecule has 1 fully saturated rings. The average molecular weight is 386 g/mol. The molecule has 3 heterocycles. The summed E-state index contributed by atoms with van der Waals surface area (Å²) in [5.41, 5.74) is 2.58. The fourth-order valence-electron chi connectivity index (χ4n) is 3.42. The highest BCUT2D eigenvalue weighted by Crippen LogP contribution is 2.24. The normalized spacial score (nSPS) is 16.2. The number of benzene rings is 1. The van der Waals surface area contributed by atoms with Crippen molar-refractivity contribution in [1.29, 1.82) is 0 Å². The molecule has 9 heteroatoms. The molecule has 4 rings (SSSR count). The molecule has 0 radical (unpaired) electrons. The van der Waals surface area contributed by atoms with Crippen LogP contribution in [0.25, 0.3) is 5.78 Å². The molecule has 0 aliphatic carbocycles. The Morgan fingerprint density at radius 1 is 1.00 bits per heavy atom. The van der Waals surface area contributed by atoms with E-state index < -0.39 is 10.0 Å². The summed E-state index contributed by atoms with van der Waals surface area (Å²) in [4.78, 5) is 11.0. The van der Waals surface area contributed by atoms with E-state index in [9.17, 15) is 8.42 Å². The molecule has 0 N–H and O–H groups in total. The van der Waals surface area contributed by atoms with Crippen molar-refractivity contribution in [3.05, 3.63) is 47.4 Å². The third kappa shape index (κ3) is 3.17. The van der Waals surface area contributed by atoms with Gasteiger partial charge in [0.1, 0.15) is 12.1 Å². The Morgan fingerprint density at radius 3 is 2.48 bits per heavy atom. The van der Waals surface area contributed by atoms with Crippen molar-refractivity contribution >= 4 is 21.6 Å². The first-order valence-corrected chi connectivity index (χ1v) is 10.3. The molecule has 0 saturated carbocycles. The average Bonchev–Trinajstić information content (AvgIpc) is 3.11. The lowest BCUT2D eigenvalue weighted by molar-refractivity contribution is 0.382. The maximum atomic E-state index is 13.1. The van der Waals surface area contributed by atoms with E-state index >= 15 is 0 Å². The van der Waals surface area contributed by atoms with Crippen LogP contribution in [0.2, 0.25) is 0 Å². The van der Waals surface area contributed by atoms with Gasteiger partial charge in [-0.25, -0.2) is 13.4 Å². The Balaban J connectivity index is 1.58. The molecular weight excluding hydrogens is 364 g/mol. The van der Waals surface area contributed by atoms with Crippen molar-refractivity contribution < 1.29 is 8.42 Å². The van der Waals surface area contributed by atoms with Gasteiger partial charge in [0.15, 0.2) is 0 Å². The second kappa shape index (κ2) is 6.58. The smallest absolute Gasteiger partial charge is 0.254 e. The number of fused-ring (bicyclic) bond motifs is 1. The first-order valence-electron chi connectivity index (χ1n) is 8.86. The van der Waals surface area contributed by atoms with Crippen LogP contribution in [0.5, 0.6) is 0 Å². The molecule has 0 bridgehead atoms. The van der Waals surface area contributed by atoms with E-state index in [0.717, 1.165) is 22.6 Å². The standard InChI is InChI=1S/C18H22N6O2S/c1-13-4-5-14(2)16(10-13)27(25,26)23-8-6-22(7-9-23)17-11-15(3)21-18-19-12-20-24(17)18/h4-5,10-12H,6-9H2,1-3H3. The number of rotatable bonds is 3. The van der Waals surface area contributed by atoms with Gasteiger partial charge in [0.25, 0.3) is 5.78 Å². The van der Waals surface area contributed by atoms with Crippen molar-refractivity contribution in [2.75, 3.05) is 31.1 Å². The van der Waals surface area contributed by atoms with Gasteiger partial charge in [-0.05, 0) is 38.0 Å². The summed E-state index contributed by atoms with van der Waals surface area (Å²) in [7, 11) is -3.50. The molecule has 0 spiro atoms. The van der Waals surface area contributed by atoms with Crippen LogP contribution in [0.3, 0.4) is 0 Å². The van der Waals surface area contributed by atoms with E-state index in [1.807, 2.05) is 39.0 Å². The molecule has 1 aromatic carbocycles. The third-order valence-corrected chi connectivity index (χ3v) is 6.93. The molecule has 2 aromatic heterocycles. The largest absolute Gasteiger partial charge is 0.354 e. The Bertz CT molecular complexity index is 1100. The summed E-state index contributed by atoms with van der Waals surface area (Å²) in [5.74, 6) is 1.44. The highest BCUT2D eigenvalue weighted by atomic mass is 32.2. The number of hydrogen-bond donors (Lipinski definition) is 0. The molecule has 0 unspecified atom stereocenters. The zero-order chi connectivity index (χ0) is 19.2. The predicted octanol–water partition coefficient (Wildman–Crippen LogP) is 1.56. The number of sulfonamides is 1. The first-order chi connectivity index (χ1) is 12.9. The highest BCUT2D eigenvalue weighted by molar-refractivity contribution is 7.89. The zero-order valence-electron chi connectivity index (χ0n) is 15.6.